The Hall–Kier alpha value is -1.59. The maximum atomic E-state index is 12.7. The lowest BCUT2D eigenvalue weighted by molar-refractivity contribution is -0.195. The van der Waals surface area contributed by atoms with Crippen molar-refractivity contribution in [3.8, 4) is 5.75 Å². The van der Waals surface area contributed by atoms with Crippen LogP contribution in [0, 0.1) is 29.1 Å². The predicted octanol–water partition coefficient (Wildman–Crippen LogP) is 2.81. The Morgan fingerprint density at radius 1 is 1.14 bits per heavy atom. The molecule has 28 heavy (non-hydrogen) atoms. The highest BCUT2D eigenvalue weighted by Gasteiger charge is 2.80. The fourth-order valence-corrected chi connectivity index (χ4v) is 8.57. The number of hydrogen-bond acceptors (Lipinski definition) is 5. The van der Waals surface area contributed by atoms with Crippen molar-refractivity contribution in [2.45, 2.75) is 56.8 Å². The molecule has 2 saturated heterocycles. The first-order valence-corrected chi connectivity index (χ1v) is 10.9. The highest BCUT2D eigenvalue weighted by Crippen LogP contribution is 2.76. The molecule has 2 aliphatic heterocycles. The van der Waals surface area contributed by atoms with Gasteiger partial charge in [-0.25, -0.2) is 4.79 Å². The van der Waals surface area contributed by atoms with Crippen molar-refractivity contribution in [3.63, 3.8) is 0 Å². The third kappa shape index (κ3) is 1.92. The van der Waals surface area contributed by atoms with Crippen molar-refractivity contribution in [1.29, 1.82) is 0 Å². The van der Waals surface area contributed by atoms with Gasteiger partial charge >= 0.3 is 5.97 Å². The van der Waals surface area contributed by atoms with Crippen LogP contribution in [0.1, 0.15) is 49.4 Å². The van der Waals surface area contributed by atoms with Crippen LogP contribution in [0.25, 0.3) is 0 Å². The molecular formula is C23H29NO4. The smallest absolute Gasteiger partial charge is 0.338 e. The molecule has 5 heteroatoms. The number of phenolic OH excluding ortho intramolecular Hbond substituents is 1. The maximum Gasteiger partial charge on any atom is 0.338 e. The Labute approximate surface area is 165 Å². The molecule has 5 aliphatic rings. The fraction of sp³-hybridized carbons (Fsp3) is 0.696. The zero-order chi connectivity index (χ0) is 19.3. The van der Waals surface area contributed by atoms with E-state index in [1.54, 1.807) is 12.1 Å². The zero-order valence-corrected chi connectivity index (χ0v) is 16.4. The quantitative estimate of drug-likeness (QED) is 0.769. The van der Waals surface area contributed by atoms with Gasteiger partial charge in [-0.1, -0.05) is 6.92 Å². The van der Waals surface area contributed by atoms with E-state index in [1.807, 2.05) is 0 Å². The first kappa shape index (κ1) is 17.3. The van der Waals surface area contributed by atoms with E-state index in [-0.39, 0.29) is 34.9 Å². The number of benzene rings is 1. The average molecular weight is 383 g/mol. The Morgan fingerprint density at radius 2 is 1.93 bits per heavy atom. The topological polar surface area (TPSA) is 70.0 Å². The molecule has 6 bridgehead atoms. The highest BCUT2D eigenvalue weighted by atomic mass is 16.5. The number of ether oxygens (including phenoxy) is 1. The van der Waals surface area contributed by atoms with E-state index in [2.05, 4.69) is 11.8 Å². The molecule has 2 N–H and O–H groups in total. The third-order valence-corrected chi connectivity index (χ3v) is 9.11. The molecule has 6 rings (SSSR count). The van der Waals surface area contributed by atoms with Crippen LogP contribution in [-0.4, -0.2) is 51.9 Å². The summed E-state index contributed by atoms with van der Waals surface area (Å²) in [5.41, 5.74) is 0.512. The number of rotatable bonds is 2. The summed E-state index contributed by atoms with van der Waals surface area (Å²) in [6.07, 6.45) is 5.01. The van der Waals surface area contributed by atoms with Crippen molar-refractivity contribution >= 4 is 5.97 Å². The molecule has 2 heterocycles. The van der Waals surface area contributed by atoms with Crippen LogP contribution in [0.4, 0.5) is 0 Å². The van der Waals surface area contributed by atoms with Gasteiger partial charge in [0, 0.05) is 24.0 Å². The van der Waals surface area contributed by atoms with Crippen molar-refractivity contribution in [1.82, 2.24) is 4.90 Å². The van der Waals surface area contributed by atoms with Gasteiger partial charge in [0.15, 0.2) is 0 Å². The Balaban J connectivity index is 1.31. The number of aromatic hydroxyl groups is 1. The summed E-state index contributed by atoms with van der Waals surface area (Å²) in [6, 6.07) is 6.24. The van der Waals surface area contributed by atoms with Crippen LogP contribution in [0.15, 0.2) is 24.3 Å². The summed E-state index contributed by atoms with van der Waals surface area (Å²) in [7, 11) is 0. The second-order valence-corrected chi connectivity index (χ2v) is 10.2. The SMILES string of the molecule is C[C@@H]1C[C@H]2C[C@H](O)[C@]34C[C@H](OC(=O)c5ccc(O)cc5)CN5C[C@H]3C[C@H]2[C@@]54C1. The summed E-state index contributed by atoms with van der Waals surface area (Å²) in [4.78, 5) is 15.3. The molecule has 3 aliphatic carbocycles. The second kappa shape index (κ2) is 5.51. The molecule has 9 atom stereocenters. The molecule has 1 spiro atoms. The van der Waals surface area contributed by atoms with E-state index in [0.29, 0.717) is 23.3 Å². The molecule has 0 amide bonds. The molecule has 0 radical (unpaired) electrons. The van der Waals surface area contributed by atoms with E-state index in [4.69, 9.17) is 4.74 Å². The molecular weight excluding hydrogens is 354 g/mol. The number of aliphatic hydroxyl groups excluding tert-OH is 1. The normalized spacial score (nSPS) is 50.4. The van der Waals surface area contributed by atoms with Gasteiger partial charge in [0.1, 0.15) is 11.9 Å². The molecule has 150 valence electrons. The number of carbonyl (C=O) groups excluding carboxylic acids is 1. The molecule has 1 aromatic carbocycles. The third-order valence-electron chi connectivity index (χ3n) is 9.11. The van der Waals surface area contributed by atoms with Gasteiger partial charge in [-0.2, -0.15) is 0 Å². The first-order valence-electron chi connectivity index (χ1n) is 10.9. The van der Waals surface area contributed by atoms with Gasteiger partial charge in [-0.3, -0.25) is 4.90 Å². The molecule has 3 saturated carbocycles. The van der Waals surface area contributed by atoms with E-state index >= 15 is 0 Å². The van der Waals surface area contributed by atoms with Crippen LogP contribution in [-0.2, 0) is 4.74 Å². The largest absolute Gasteiger partial charge is 0.508 e. The summed E-state index contributed by atoms with van der Waals surface area (Å²) in [5, 5.41) is 20.8. The second-order valence-electron chi connectivity index (χ2n) is 10.2. The summed E-state index contributed by atoms with van der Waals surface area (Å²) in [6.45, 7) is 4.24. The number of hydrogen-bond donors (Lipinski definition) is 2. The Kier molecular flexibility index (Phi) is 3.40. The maximum absolute atomic E-state index is 12.7. The standard InChI is InChI=1S/C23H29NO4/c1-13-6-15-7-20(26)22-10-18(28-21(27)14-2-4-17(25)5-3-14)12-24-11-16(22)8-19(15)23(22,24)9-13/h2-5,13,15-16,18-20,25-26H,6-12H2,1H3/t13-,15+,16-,18+,19-,20+,22+,23-/m1/s1. The number of piperidine rings is 2. The number of aliphatic hydroxyl groups is 1. The number of nitrogens with zero attached hydrogens (tertiary/aromatic N) is 1. The lowest BCUT2D eigenvalue weighted by Crippen LogP contribution is -2.71. The summed E-state index contributed by atoms with van der Waals surface area (Å²) < 4.78 is 5.94. The average Bonchev–Trinajstić information content (AvgIpc) is 2.93. The van der Waals surface area contributed by atoms with Gasteiger partial charge in [-0.05, 0) is 80.0 Å². The van der Waals surface area contributed by atoms with Gasteiger partial charge in [0.25, 0.3) is 0 Å². The van der Waals surface area contributed by atoms with E-state index in [1.165, 1.54) is 31.4 Å². The number of carbonyl (C=O) groups is 1. The van der Waals surface area contributed by atoms with Crippen LogP contribution < -0.4 is 0 Å². The van der Waals surface area contributed by atoms with E-state index in [0.717, 1.165) is 31.8 Å². The van der Waals surface area contributed by atoms with Crippen LogP contribution in [0.3, 0.4) is 0 Å². The van der Waals surface area contributed by atoms with Gasteiger partial charge < -0.3 is 14.9 Å². The van der Waals surface area contributed by atoms with Crippen molar-refractivity contribution in [2.75, 3.05) is 13.1 Å². The Bertz CT molecular complexity index is 824. The minimum Gasteiger partial charge on any atom is -0.508 e. The van der Waals surface area contributed by atoms with Crippen molar-refractivity contribution < 1.29 is 19.7 Å². The van der Waals surface area contributed by atoms with Crippen LogP contribution in [0.5, 0.6) is 5.75 Å². The molecule has 5 nitrogen and oxygen atoms in total. The zero-order valence-electron chi connectivity index (χ0n) is 16.4. The predicted molar refractivity (Wildman–Crippen MR) is 103 cm³/mol. The highest BCUT2D eigenvalue weighted by molar-refractivity contribution is 5.89. The lowest BCUT2D eigenvalue weighted by atomic mass is 9.48. The van der Waals surface area contributed by atoms with Crippen molar-refractivity contribution in [2.24, 2.45) is 29.1 Å². The van der Waals surface area contributed by atoms with E-state index in [9.17, 15) is 15.0 Å². The number of esters is 1. The molecule has 5 fully saturated rings. The minimum atomic E-state index is -0.328. The molecule has 1 aromatic rings. The summed E-state index contributed by atoms with van der Waals surface area (Å²) in [5.74, 6) is 2.45. The molecule has 0 aromatic heterocycles. The summed E-state index contributed by atoms with van der Waals surface area (Å²) >= 11 is 0. The minimum absolute atomic E-state index is 0.0962. The van der Waals surface area contributed by atoms with Crippen molar-refractivity contribution in [3.05, 3.63) is 29.8 Å². The number of phenols is 1. The Morgan fingerprint density at radius 3 is 2.71 bits per heavy atom. The van der Waals surface area contributed by atoms with Crippen LogP contribution >= 0.6 is 0 Å². The fourth-order valence-electron chi connectivity index (χ4n) is 8.57. The molecule has 1 unspecified atom stereocenters. The van der Waals surface area contributed by atoms with Gasteiger partial charge in [0.05, 0.1) is 11.7 Å². The first-order chi connectivity index (χ1) is 13.4. The lowest BCUT2D eigenvalue weighted by Gasteiger charge is -2.65. The van der Waals surface area contributed by atoms with E-state index < -0.39 is 0 Å². The van der Waals surface area contributed by atoms with Crippen LogP contribution in [0.2, 0.25) is 0 Å². The van der Waals surface area contributed by atoms with Gasteiger partial charge in [0.2, 0.25) is 0 Å². The van der Waals surface area contributed by atoms with Gasteiger partial charge in [-0.15, -0.1) is 0 Å². The monoisotopic (exact) mass is 383 g/mol.